The van der Waals surface area contributed by atoms with E-state index < -0.39 is 0 Å². The minimum absolute atomic E-state index is 0.170. The highest BCUT2D eigenvalue weighted by Gasteiger charge is 2.01. The molecule has 70 valence electrons. The van der Waals surface area contributed by atoms with Gasteiger partial charge in [-0.25, -0.2) is 4.39 Å². The van der Waals surface area contributed by atoms with Gasteiger partial charge in [-0.1, -0.05) is 6.07 Å². The van der Waals surface area contributed by atoms with Crippen molar-refractivity contribution in [3.8, 4) is 0 Å². The molecule has 0 atom stereocenters. The third-order valence-electron chi connectivity index (χ3n) is 2.05. The number of hydrogen-bond acceptors (Lipinski definition) is 1. The van der Waals surface area contributed by atoms with E-state index in [1.54, 1.807) is 13.0 Å². The second-order valence-electron chi connectivity index (χ2n) is 3.27. The molecule has 0 radical (unpaired) electrons. The van der Waals surface area contributed by atoms with Gasteiger partial charge >= 0.3 is 0 Å². The number of benzene rings is 1. The van der Waals surface area contributed by atoms with Crippen molar-refractivity contribution in [3.05, 3.63) is 35.1 Å². The lowest BCUT2D eigenvalue weighted by Crippen LogP contribution is -1.96. The van der Waals surface area contributed by atoms with E-state index in [2.05, 4.69) is 0 Å². The molecular weight excluding hydrogens is 167 g/mol. The summed E-state index contributed by atoms with van der Waals surface area (Å²) < 4.78 is 12.7. The highest BCUT2D eigenvalue weighted by molar-refractivity contribution is 5.75. The highest BCUT2D eigenvalue weighted by atomic mass is 19.1. The Morgan fingerprint density at radius 3 is 2.69 bits per heavy atom. The predicted molar refractivity (Wildman–Crippen MR) is 50.1 cm³/mol. The van der Waals surface area contributed by atoms with Crippen molar-refractivity contribution in [2.24, 2.45) is 0 Å². The van der Waals surface area contributed by atoms with Gasteiger partial charge in [0.15, 0.2) is 0 Å². The molecular formula is C11H13FO. The van der Waals surface area contributed by atoms with E-state index in [9.17, 15) is 9.18 Å². The maximum atomic E-state index is 12.7. The minimum Gasteiger partial charge on any atom is -0.300 e. The van der Waals surface area contributed by atoms with Gasteiger partial charge in [0.25, 0.3) is 0 Å². The van der Waals surface area contributed by atoms with Crippen LogP contribution in [0, 0.1) is 12.7 Å². The molecule has 1 nitrogen and oxygen atoms in total. The van der Waals surface area contributed by atoms with Crippen LogP contribution in [0.3, 0.4) is 0 Å². The molecule has 0 N–H and O–H groups in total. The largest absolute Gasteiger partial charge is 0.300 e. The molecule has 0 aliphatic carbocycles. The maximum absolute atomic E-state index is 12.7. The molecule has 1 aromatic rings. The first-order valence-corrected chi connectivity index (χ1v) is 4.34. The lowest BCUT2D eigenvalue weighted by atomic mass is 10.0. The number of carbonyl (C=O) groups excluding carboxylic acids is 1. The molecule has 0 spiro atoms. The second kappa shape index (κ2) is 4.17. The normalized spacial score (nSPS) is 10.1. The number of rotatable bonds is 3. The van der Waals surface area contributed by atoms with E-state index in [-0.39, 0.29) is 11.6 Å². The lowest BCUT2D eigenvalue weighted by Gasteiger charge is -2.03. The van der Waals surface area contributed by atoms with E-state index in [0.717, 1.165) is 11.1 Å². The Labute approximate surface area is 77.6 Å². The summed E-state index contributed by atoms with van der Waals surface area (Å²) in [6.07, 6.45) is 1.24. The Bertz CT molecular complexity index is 318. The summed E-state index contributed by atoms with van der Waals surface area (Å²) >= 11 is 0. The van der Waals surface area contributed by atoms with Crippen molar-refractivity contribution in [1.82, 2.24) is 0 Å². The van der Waals surface area contributed by atoms with Crippen molar-refractivity contribution in [2.45, 2.75) is 26.7 Å². The fraction of sp³-hybridized carbons (Fsp3) is 0.364. The number of carbonyl (C=O) groups is 1. The Hall–Kier alpha value is -1.18. The van der Waals surface area contributed by atoms with Crippen molar-refractivity contribution in [3.63, 3.8) is 0 Å². The first-order chi connectivity index (χ1) is 6.09. The smallest absolute Gasteiger partial charge is 0.130 e. The van der Waals surface area contributed by atoms with Crippen molar-refractivity contribution >= 4 is 5.78 Å². The molecule has 1 rings (SSSR count). The summed E-state index contributed by atoms with van der Waals surface area (Å²) in [5, 5.41) is 0. The van der Waals surface area contributed by atoms with Crippen LogP contribution in [-0.2, 0) is 11.2 Å². The molecule has 0 saturated heterocycles. The average molecular weight is 180 g/mol. The zero-order valence-electron chi connectivity index (χ0n) is 7.93. The SMILES string of the molecule is CC(=O)CCc1ccc(F)cc1C. The van der Waals surface area contributed by atoms with Gasteiger partial charge in [-0.3, -0.25) is 0 Å². The van der Waals surface area contributed by atoms with Gasteiger partial charge in [-0.15, -0.1) is 0 Å². The third-order valence-corrected chi connectivity index (χ3v) is 2.05. The van der Waals surface area contributed by atoms with Crippen molar-refractivity contribution in [1.29, 1.82) is 0 Å². The second-order valence-corrected chi connectivity index (χ2v) is 3.27. The number of halogens is 1. The van der Waals surface area contributed by atoms with Gasteiger partial charge in [-0.2, -0.15) is 0 Å². The molecule has 0 fully saturated rings. The van der Waals surface area contributed by atoms with Crippen LogP contribution < -0.4 is 0 Å². The molecule has 1 aromatic carbocycles. The van der Waals surface area contributed by atoms with Crippen molar-refractivity contribution < 1.29 is 9.18 Å². The summed E-state index contributed by atoms with van der Waals surface area (Å²) in [6, 6.07) is 4.67. The molecule has 0 unspecified atom stereocenters. The molecule has 0 aromatic heterocycles. The molecule has 13 heavy (non-hydrogen) atoms. The highest BCUT2D eigenvalue weighted by Crippen LogP contribution is 2.12. The first-order valence-electron chi connectivity index (χ1n) is 4.34. The predicted octanol–water partition coefficient (Wildman–Crippen LogP) is 2.66. The summed E-state index contributed by atoms with van der Waals surface area (Å²) in [5.74, 6) is -0.0483. The van der Waals surface area contributed by atoms with Gasteiger partial charge < -0.3 is 4.79 Å². The van der Waals surface area contributed by atoms with Crippen LogP contribution in [0.25, 0.3) is 0 Å². The quantitative estimate of drug-likeness (QED) is 0.698. The van der Waals surface area contributed by atoms with E-state index in [1.807, 2.05) is 6.92 Å². The molecule has 2 heteroatoms. The Morgan fingerprint density at radius 2 is 2.15 bits per heavy atom. The Balaban J connectivity index is 2.72. The molecule has 0 amide bonds. The van der Waals surface area contributed by atoms with Gasteiger partial charge in [-0.05, 0) is 43.5 Å². The van der Waals surface area contributed by atoms with E-state index in [1.165, 1.54) is 12.1 Å². The number of Topliss-reactive ketones (excluding diaryl/α,β-unsaturated/α-hetero) is 1. The number of ketones is 1. The van der Waals surface area contributed by atoms with Crippen molar-refractivity contribution in [2.75, 3.05) is 0 Å². The Kier molecular flexibility index (Phi) is 3.18. The summed E-state index contributed by atoms with van der Waals surface area (Å²) in [7, 11) is 0. The average Bonchev–Trinajstić information content (AvgIpc) is 2.02. The fourth-order valence-electron chi connectivity index (χ4n) is 1.25. The van der Waals surface area contributed by atoms with E-state index >= 15 is 0 Å². The standard InChI is InChI=1S/C11H13FO/c1-8-7-11(12)6-5-10(8)4-3-9(2)13/h5-7H,3-4H2,1-2H3. The molecule has 0 bridgehead atoms. The van der Waals surface area contributed by atoms with Gasteiger partial charge in [0.1, 0.15) is 11.6 Å². The molecule has 0 saturated carbocycles. The molecule has 0 aliphatic heterocycles. The fourth-order valence-corrected chi connectivity index (χ4v) is 1.25. The monoisotopic (exact) mass is 180 g/mol. The topological polar surface area (TPSA) is 17.1 Å². The van der Waals surface area contributed by atoms with Gasteiger partial charge in [0, 0.05) is 6.42 Å². The van der Waals surface area contributed by atoms with E-state index in [0.29, 0.717) is 12.8 Å². The Morgan fingerprint density at radius 1 is 1.46 bits per heavy atom. The molecule has 0 aliphatic rings. The zero-order valence-corrected chi connectivity index (χ0v) is 7.93. The van der Waals surface area contributed by atoms with Gasteiger partial charge in [0.05, 0.1) is 0 Å². The van der Waals surface area contributed by atoms with Crippen LogP contribution in [-0.4, -0.2) is 5.78 Å². The lowest BCUT2D eigenvalue weighted by molar-refractivity contribution is -0.116. The number of hydrogen-bond donors (Lipinski definition) is 0. The van der Waals surface area contributed by atoms with Crippen LogP contribution in [0.1, 0.15) is 24.5 Å². The van der Waals surface area contributed by atoms with Crippen LogP contribution in [0.2, 0.25) is 0 Å². The van der Waals surface area contributed by atoms with Gasteiger partial charge in [0.2, 0.25) is 0 Å². The van der Waals surface area contributed by atoms with E-state index in [4.69, 9.17) is 0 Å². The summed E-state index contributed by atoms with van der Waals surface area (Å²) in [6.45, 7) is 3.43. The maximum Gasteiger partial charge on any atom is 0.130 e. The third kappa shape index (κ3) is 2.98. The number of aryl methyl sites for hydroxylation is 2. The minimum atomic E-state index is -0.218. The van der Waals surface area contributed by atoms with Crippen LogP contribution in [0.5, 0.6) is 0 Å². The summed E-state index contributed by atoms with van der Waals surface area (Å²) in [5.41, 5.74) is 1.97. The van der Waals surface area contributed by atoms with Crippen LogP contribution in [0.4, 0.5) is 4.39 Å². The first kappa shape index (κ1) is 9.90. The molecule has 0 heterocycles. The zero-order chi connectivity index (χ0) is 9.84. The van der Waals surface area contributed by atoms with Crippen LogP contribution in [0.15, 0.2) is 18.2 Å². The van der Waals surface area contributed by atoms with Crippen LogP contribution >= 0.6 is 0 Å². The summed E-state index contributed by atoms with van der Waals surface area (Å²) in [4.78, 5) is 10.7.